The van der Waals surface area contributed by atoms with Crippen LogP contribution in [0.1, 0.15) is 88.3 Å². The van der Waals surface area contributed by atoms with Gasteiger partial charge >= 0.3 is 11.9 Å². The van der Waals surface area contributed by atoms with Crippen molar-refractivity contribution in [2.45, 2.75) is 150 Å². The maximum atomic E-state index is 14.9. The molecule has 2 aromatic carbocycles. The number of thioether (sulfide) groups is 2. The third-order valence-electron chi connectivity index (χ3n) is 15.7. The van der Waals surface area contributed by atoms with Crippen molar-refractivity contribution >= 4 is 105 Å². The van der Waals surface area contributed by atoms with Gasteiger partial charge in [0.15, 0.2) is 0 Å². The fraction of sp³-hybridized carbons (Fsp3) is 0.559. The summed E-state index contributed by atoms with van der Waals surface area (Å²) in [7, 11) is 0. The van der Waals surface area contributed by atoms with E-state index in [1.54, 1.807) is 20.0 Å². The second kappa shape index (κ2) is 34.9. The van der Waals surface area contributed by atoms with E-state index in [1.807, 2.05) is 48.5 Å². The van der Waals surface area contributed by atoms with Gasteiger partial charge in [0.05, 0.1) is 19.8 Å². The highest BCUT2D eigenvalue weighted by Gasteiger charge is 2.41. The van der Waals surface area contributed by atoms with E-state index in [0.717, 1.165) is 22.0 Å². The van der Waals surface area contributed by atoms with Crippen LogP contribution in [0.15, 0.2) is 54.7 Å². The third kappa shape index (κ3) is 20.3. The molecule has 4 aliphatic heterocycles. The number of rotatable bonds is 23. The van der Waals surface area contributed by atoms with E-state index in [0.29, 0.717) is 42.8 Å². The molecule has 0 spiro atoms. The number of fused-ring (bicyclic) bond motifs is 21. The van der Waals surface area contributed by atoms with Crippen molar-refractivity contribution in [2.24, 2.45) is 17.4 Å². The van der Waals surface area contributed by atoms with Gasteiger partial charge in [0.2, 0.25) is 59.1 Å². The largest absolute Gasteiger partial charge is 0.481 e. The summed E-state index contributed by atoms with van der Waals surface area (Å²) in [6.45, 7) is 1.35. The molecule has 2 fully saturated rings. The molecule has 2 bridgehead atoms. The molecule has 2 unspecified atom stereocenters. The van der Waals surface area contributed by atoms with Crippen LogP contribution in [0, 0.1) is 5.92 Å². The number of aromatic nitrogens is 1. The quantitative estimate of drug-likeness (QED) is 0.0343. The number of H-pyrrole nitrogens is 1. The first-order valence-electron chi connectivity index (χ1n) is 29.9. The molecule has 7 rings (SSSR count). The van der Waals surface area contributed by atoms with Crippen molar-refractivity contribution in [1.29, 1.82) is 0 Å². The third-order valence-corrected chi connectivity index (χ3v) is 17.9. The molecule has 10 amide bonds. The Hall–Kier alpha value is -7.84. The number of nitrogens with one attached hydrogen (secondary N) is 9. The van der Waals surface area contributed by atoms with E-state index in [4.69, 9.17) is 11.5 Å². The van der Waals surface area contributed by atoms with E-state index in [1.165, 1.54) is 33.3 Å². The van der Waals surface area contributed by atoms with Gasteiger partial charge in [0.1, 0.15) is 60.4 Å². The first kappa shape index (κ1) is 71.2. The maximum absolute atomic E-state index is 14.9. The van der Waals surface area contributed by atoms with Crippen molar-refractivity contribution in [3.63, 3.8) is 0 Å². The second-order valence-electron chi connectivity index (χ2n) is 22.7. The number of hydrogen-bond donors (Lipinski definition) is 15. The summed E-state index contributed by atoms with van der Waals surface area (Å²) in [6.07, 6.45) is 2.62. The van der Waals surface area contributed by atoms with Crippen molar-refractivity contribution in [1.82, 2.24) is 57.3 Å². The van der Waals surface area contributed by atoms with Gasteiger partial charge in [0.25, 0.3) is 0 Å². The molecule has 31 heteroatoms. The molecule has 0 aliphatic carbocycles. The molecular weight excluding hydrogens is 1210 g/mol. The normalized spacial score (nSPS) is 22.5. The summed E-state index contributed by atoms with van der Waals surface area (Å²) >= 11 is 2.47. The number of carbonyl (C=O) groups is 12. The number of aromatic amines is 1. The number of nitrogens with two attached hydrogens (primary N) is 2. The number of carboxylic acid groups (broad SMARTS) is 2. The van der Waals surface area contributed by atoms with Crippen LogP contribution < -0.4 is 54.0 Å². The molecule has 3 aromatic rings. The Morgan fingerprint density at radius 2 is 1.36 bits per heavy atom. The van der Waals surface area contributed by atoms with Gasteiger partial charge in [-0.1, -0.05) is 56.3 Å². The van der Waals surface area contributed by atoms with Crippen LogP contribution in [0.25, 0.3) is 10.9 Å². The number of para-hydroxylation sites is 1. The summed E-state index contributed by atoms with van der Waals surface area (Å²) in [5.74, 6) is -11.1. The van der Waals surface area contributed by atoms with Crippen molar-refractivity contribution in [2.75, 3.05) is 50.9 Å². The molecule has 2 saturated heterocycles. The molecule has 29 nitrogen and oxygen atoms in total. The molecule has 492 valence electrons. The standard InChI is InChI=1S/C59H83N13O16S2/c1-32(2)49-57(85)69-44(31-90-29-34-16-14-33(15-17-34)28-89-30-43(68-50(78)37(61)26-73)54(82)64-39(18-19-48(76)77)52(80)67-42(27-74)53(81)70-49)55(83)65-40(11-5-6-20-60)58(86)72-22-7-12-45(72)56(84)66-41(23-35-24-62-38-10-4-3-9-36(35)38)51(79)63-25-47(75)71-21-8-13-46(71)59(87)88/h3-4,9-10,14-17,24,32,37,39-46,49,62,73-74H,5-8,11-13,18-23,25-31,60-61H2,1-2H3,(H,63,79)(H,64,82)(H,65,83)(H,66,84)(H,67,80)(H,68,78)(H,69,85)(H,70,81)(H,76,77)(H,87,88)/t37?,39-,40-,41-,42-,43-,44-,45-,46?,49-/m0/s1. The van der Waals surface area contributed by atoms with Gasteiger partial charge < -0.3 is 89.2 Å². The average molecular weight is 1290 g/mol. The lowest BCUT2D eigenvalue weighted by Crippen LogP contribution is -2.62. The predicted octanol–water partition coefficient (Wildman–Crippen LogP) is -2.57. The fourth-order valence-corrected chi connectivity index (χ4v) is 12.6. The highest BCUT2D eigenvalue weighted by molar-refractivity contribution is 7.98. The smallest absolute Gasteiger partial charge is 0.326 e. The Morgan fingerprint density at radius 3 is 2.00 bits per heavy atom. The lowest BCUT2D eigenvalue weighted by Gasteiger charge is -2.31. The van der Waals surface area contributed by atoms with E-state index >= 15 is 0 Å². The Labute approximate surface area is 528 Å². The number of aliphatic hydroxyl groups excluding tert-OH is 2. The van der Waals surface area contributed by atoms with Crippen molar-refractivity contribution in [3.8, 4) is 0 Å². The summed E-state index contributed by atoms with van der Waals surface area (Å²) in [5, 5.41) is 60.6. The first-order valence-corrected chi connectivity index (χ1v) is 32.2. The van der Waals surface area contributed by atoms with E-state index in [-0.39, 0.29) is 56.8 Å². The molecule has 1 aromatic heterocycles. The number of likely N-dealkylation sites (tertiary alicyclic amines) is 2. The highest BCUT2D eigenvalue weighted by Crippen LogP contribution is 2.25. The number of amides is 10. The minimum atomic E-state index is -1.78. The SMILES string of the molecule is CC(C)[C@@H]1NC(=O)[C@H](CO)NC(=O)[C@H](CCC(=O)O)NC(=O)[C@@H](NC(=O)C(N)CO)CSCc2ccc(cc2)CSC[C@@H](C(=O)N[C@@H](CCCCN)C(=O)N2CCC[C@H]2C(=O)N[C@@H](Cc2c[nH]c3ccccc23)C(=O)NCC(=O)N2CCCC2C(=O)O)NC1=O. The summed E-state index contributed by atoms with van der Waals surface area (Å²) < 4.78 is 0. The highest BCUT2D eigenvalue weighted by atomic mass is 32.2. The minimum Gasteiger partial charge on any atom is -0.481 e. The molecule has 0 radical (unpaired) electrons. The van der Waals surface area contributed by atoms with E-state index in [2.05, 4.69) is 47.5 Å². The zero-order chi connectivity index (χ0) is 65.6. The van der Waals surface area contributed by atoms with Crippen molar-refractivity contribution < 1.29 is 78.0 Å². The Morgan fingerprint density at radius 1 is 0.722 bits per heavy atom. The van der Waals surface area contributed by atoms with Gasteiger partial charge in [-0.15, -0.1) is 0 Å². The number of carboxylic acids is 2. The summed E-state index contributed by atoms with van der Waals surface area (Å²) in [4.78, 5) is 170. The Bertz CT molecular complexity index is 3040. The van der Waals surface area contributed by atoms with Crippen LogP contribution in [-0.2, 0) is 75.5 Å². The van der Waals surface area contributed by atoms with Gasteiger partial charge in [-0.3, -0.25) is 52.7 Å². The summed E-state index contributed by atoms with van der Waals surface area (Å²) in [6, 6.07) is 0.851. The van der Waals surface area contributed by atoms with Crippen LogP contribution in [0.3, 0.4) is 0 Å². The Balaban J connectivity index is 1.24. The van der Waals surface area contributed by atoms with Crippen molar-refractivity contribution in [3.05, 3.63) is 71.4 Å². The lowest BCUT2D eigenvalue weighted by atomic mass is 10.0. The molecular formula is C59H83N13O16S2. The lowest BCUT2D eigenvalue weighted by molar-refractivity contribution is -0.148. The number of carbonyl (C=O) groups excluding carboxylic acids is 10. The predicted molar refractivity (Wildman–Crippen MR) is 331 cm³/mol. The van der Waals surface area contributed by atoms with Crippen LogP contribution in [0.4, 0.5) is 0 Å². The number of unbranched alkanes of at least 4 members (excludes halogenated alkanes) is 1. The maximum Gasteiger partial charge on any atom is 0.326 e. The molecule has 4 aliphatic rings. The molecule has 0 saturated carbocycles. The number of nitrogens with zero attached hydrogens (tertiary/aromatic N) is 2. The average Bonchev–Trinajstić information content (AvgIpc) is 2.82. The molecule has 5 heterocycles. The number of hydrogen-bond acceptors (Lipinski definition) is 18. The molecule has 90 heavy (non-hydrogen) atoms. The monoisotopic (exact) mass is 1290 g/mol. The van der Waals surface area contributed by atoms with Crippen LogP contribution >= 0.6 is 23.5 Å². The zero-order valence-corrected chi connectivity index (χ0v) is 51.9. The van der Waals surface area contributed by atoms with Gasteiger partial charge in [0, 0.05) is 66.0 Å². The van der Waals surface area contributed by atoms with Crippen LogP contribution in [0.2, 0.25) is 0 Å². The first-order chi connectivity index (χ1) is 43.0. The fourth-order valence-electron chi connectivity index (χ4n) is 10.6. The van der Waals surface area contributed by atoms with Gasteiger partial charge in [-0.2, -0.15) is 23.5 Å². The van der Waals surface area contributed by atoms with Gasteiger partial charge in [-0.05, 0) is 86.6 Å². The zero-order valence-electron chi connectivity index (χ0n) is 50.2. The summed E-state index contributed by atoms with van der Waals surface area (Å²) in [5.41, 5.74) is 14.6. The second-order valence-corrected chi connectivity index (χ2v) is 24.7. The van der Waals surface area contributed by atoms with Gasteiger partial charge in [-0.25, -0.2) is 4.79 Å². The number of benzene rings is 2. The van der Waals surface area contributed by atoms with Crippen LogP contribution in [0.5, 0.6) is 0 Å². The topological polar surface area (TPSA) is 456 Å². The molecule has 17 N–H and O–H groups in total. The van der Waals surface area contributed by atoms with E-state index in [9.17, 15) is 78.0 Å². The number of aliphatic carboxylic acids is 2. The molecule has 10 atom stereocenters. The number of aliphatic hydroxyl groups is 2. The van der Waals surface area contributed by atoms with Crippen LogP contribution in [-0.4, -0.2) is 218 Å². The van der Waals surface area contributed by atoms with E-state index < -0.39 is 170 Å². The minimum absolute atomic E-state index is 0.0454. The Kier molecular flexibility index (Phi) is 27.7.